The van der Waals surface area contributed by atoms with E-state index in [0.717, 1.165) is 32.1 Å². The molecule has 0 radical (unpaired) electrons. The first kappa shape index (κ1) is 17.0. The van der Waals surface area contributed by atoms with Gasteiger partial charge in [0.1, 0.15) is 5.78 Å². The van der Waals surface area contributed by atoms with Crippen molar-refractivity contribution in [2.45, 2.75) is 77.1 Å². The minimum Gasteiger partial charge on any atom is -0.392 e. The Morgan fingerprint density at radius 1 is 1.12 bits per heavy atom. The fraction of sp³-hybridized carbons (Fsp3) is 0.950. The second-order valence-electron chi connectivity index (χ2n) is 9.44. The number of ether oxygens (including phenoxy) is 1. The molecule has 4 aliphatic carbocycles. The van der Waals surface area contributed by atoms with Crippen molar-refractivity contribution in [1.82, 2.24) is 0 Å². The van der Waals surface area contributed by atoms with Gasteiger partial charge in [-0.2, -0.15) is 0 Å². The molecule has 0 amide bonds. The predicted octanol–water partition coefficient (Wildman–Crippen LogP) is 2.55. The maximum absolute atomic E-state index is 12.5. The lowest BCUT2D eigenvalue weighted by atomic mass is 9.44. The fourth-order valence-electron chi connectivity index (χ4n) is 7.23. The van der Waals surface area contributed by atoms with E-state index >= 15 is 0 Å². The Bertz CT molecular complexity index is 534. The normalized spacial score (nSPS) is 57.2. The number of carbonyl (C=O) groups excluding carboxylic acids is 1. The minimum atomic E-state index is -0.729. The topological polar surface area (TPSA) is 66.8 Å². The van der Waals surface area contributed by atoms with Gasteiger partial charge in [-0.15, -0.1) is 0 Å². The van der Waals surface area contributed by atoms with Gasteiger partial charge in [-0.3, -0.25) is 4.79 Å². The van der Waals surface area contributed by atoms with Crippen molar-refractivity contribution in [2.75, 3.05) is 7.11 Å². The van der Waals surface area contributed by atoms with Crippen LogP contribution in [0.25, 0.3) is 0 Å². The van der Waals surface area contributed by atoms with Gasteiger partial charge in [0.25, 0.3) is 0 Å². The Balaban J connectivity index is 1.67. The Morgan fingerprint density at radius 2 is 1.88 bits per heavy atom. The second kappa shape index (κ2) is 5.52. The van der Waals surface area contributed by atoms with E-state index in [9.17, 15) is 15.0 Å². The lowest BCUT2D eigenvalue weighted by Gasteiger charge is -2.61. The average Bonchev–Trinajstić information content (AvgIpc) is 2.79. The van der Waals surface area contributed by atoms with Gasteiger partial charge in [0.05, 0.1) is 23.7 Å². The lowest BCUT2D eigenvalue weighted by molar-refractivity contribution is -0.179. The summed E-state index contributed by atoms with van der Waals surface area (Å²) in [7, 11) is 1.81. The van der Waals surface area contributed by atoms with Gasteiger partial charge in [0.15, 0.2) is 0 Å². The van der Waals surface area contributed by atoms with E-state index in [0.29, 0.717) is 23.9 Å². The van der Waals surface area contributed by atoms with E-state index in [4.69, 9.17) is 4.74 Å². The molecule has 4 nitrogen and oxygen atoms in total. The molecule has 136 valence electrons. The molecule has 4 saturated carbocycles. The molecule has 0 aromatic rings. The van der Waals surface area contributed by atoms with Crippen molar-refractivity contribution in [1.29, 1.82) is 0 Å². The summed E-state index contributed by atoms with van der Waals surface area (Å²) in [6.07, 6.45) is 5.74. The molecule has 0 aromatic carbocycles. The first-order valence-corrected chi connectivity index (χ1v) is 9.74. The van der Waals surface area contributed by atoms with Gasteiger partial charge >= 0.3 is 0 Å². The Kier molecular flexibility index (Phi) is 3.91. The van der Waals surface area contributed by atoms with Gasteiger partial charge in [0, 0.05) is 19.4 Å². The number of ketones is 1. The summed E-state index contributed by atoms with van der Waals surface area (Å²) in [6, 6.07) is 0. The van der Waals surface area contributed by atoms with Crippen molar-refractivity contribution in [3.05, 3.63) is 0 Å². The highest BCUT2D eigenvalue weighted by Gasteiger charge is 2.66. The van der Waals surface area contributed by atoms with Gasteiger partial charge in [-0.05, 0) is 68.6 Å². The molecule has 0 aliphatic heterocycles. The van der Waals surface area contributed by atoms with Crippen molar-refractivity contribution < 1.29 is 19.7 Å². The summed E-state index contributed by atoms with van der Waals surface area (Å²) >= 11 is 0. The molecule has 0 bridgehead atoms. The van der Waals surface area contributed by atoms with E-state index in [1.807, 2.05) is 14.0 Å². The van der Waals surface area contributed by atoms with E-state index in [1.54, 1.807) is 0 Å². The molecule has 2 N–H and O–H groups in total. The van der Waals surface area contributed by atoms with E-state index in [2.05, 4.69) is 6.92 Å². The lowest BCUT2D eigenvalue weighted by Crippen LogP contribution is -2.59. The van der Waals surface area contributed by atoms with Crippen LogP contribution in [0.1, 0.15) is 58.8 Å². The van der Waals surface area contributed by atoms with E-state index < -0.39 is 17.6 Å². The predicted molar refractivity (Wildman–Crippen MR) is 90.3 cm³/mol. The number of hydrogen-bond acceptors (Lipinski definition) is 4. The number of Topliss-reactive ketones (excluding diaryl/α,β-unsaturated/α-hetero) is 1. The van der Waals surface area contributed by atoms with Gasteiger partial charge in [-0.1, -0.05) is 6.92 Å². The zero-order valence-corrected chi connectivity index (χ0v) is 15.2. The van der Waals surface area contributed by atoms with Crippen LogP contribution < -0.4 is 0 Å². The van der Waals surface area contributed by atoms with Gasteiger partial charge < -0.3 is 14.9 Å². The number of hydrogen-bond donors (Lipinski definition) is 2. The maximum Gasteiger partial charge on any atom is 0.144 e. The monoisotopic (exact) mass is 336 g/mol. The van der Waals surface area contributed by atoms with Crippen LogP contribution in [0.15, 0.2) is 0 Å². The van der Waals surface area contributed by atoms with Crippen molar-refractivity contribution >= 4 is 5.78 Å². The fourth-order valence-corrected chi connectivity index (χ4v) is 7.23. The number of aliphatic hydroxyl groups is 2. The van der Waals surface area contributed by atoms with Crippen molar-refractivity contribution in [3.8, 4) is 0 Å². The summed E-state index contributed by atoms with van der Waals surface area (Å²) in [5.74, 6) is 1.45. The van der Waals surface area contributed by atoms with Crippen LogP contribution in [0.4, 0.5) is 0 Å². The van der Waals surface area contributed by atoms with Crippen LogP contribution in [-0.4, -0.2) is 41.4 Å². The standard InChI is InChI=1S/C20H32O4/c1-19-7-6-12(24-3)8-11(19)4-5-13-14(19)9-16(22)20(2)17(23)10-15(21)18(13)20/h11-16,18,21-22H,4-10H2,1-3H3/t11-,12+,13-,14+,15-,16-,18+,19-,20+/m0/s1. The Morgan fingerprint density at radius 3 is 2.58 bits per heavy atom. The van der Waals surface area contributed by atoms with Gasteiger partial charge in [-0.25, -0.2) is 0 Å². The zero-order valence-electron chi connectivity index (χ0n) is 15.2. The quantitative estimate of drug-likeness (QED) is 0.772. The smallest absolute Gasteiger partial charge is 0.144 e. The molecule has 4 fully saturated rings. The van der Waals surface area contributed by atoms with Crippen molar-refractivity contribution in [2.24, 2.45) is 34.5 Å². The third kappa shape index (κ3) is 2.05. The summed E-state index contributed by atoms with van der Waals surface area (Å²) in [5, 5.41) is 21.5. The Hall–Kier alpha value is -0.450. The molecular weight excluding hydrogens is 304 g/mol. The molecule has 4 rings (SSSR count). The molecule has 4 heteroatoms. The minimum absolute atomic E-state index is 0.0586. The molecule has 0 saturated heterocycles. The zero-order chi connectivity index (χ0) is 17.3. The Labute approximate surface area is 145 Å². The van der Waals surface area contributed by atoms with Crippen molar-refractivity contribution in [3.63, 3.8) is 0 Å². The number of aliphatic hydroxyl groups excluding tert-OH is 2. The highest BCUT2D eigenvalue weighted by atomic mass is 16.5. The molecule has 0 spiro atoms. The third-order valence-electron chi connectivity index (χ3n) is 8.76. The van der Waals surface area contributed by atoms with Crippen LogP contribution in [0.2, 0.25) is 0 Å². The molecule has 0 unspecified atom stereocenters. The van der Waals surface area contributed by atoms with Crippen LogP contribution >= 0.6 is 0 Å². The summed E-state index contributed by atoms with van der Waals surface area (Å²) in [4.78, 5) is 12.5. The summed E-state index contributed by atoms with van der Waals surface area (Å²) in [5.41, 5.74) is -0.515. The van der Waals surface area contributed by atoms with Crippen LogP contribution in [-0.2, 0) is 9.53 Å². The molecule has 24 heavy (non-hydrogen) atoms. The van der Waals surface area contributed by atoms with E-state index in [1.165, 1.54) is 6.42 Å². The molecule has 9 atom stereocenters. The molecule has 4 aliphatic rings. The number of rotatable bonds is 1. The first-order chi connectivity index (χ1) is 11.3. The maximum atomic E-state index is 12.5. The third-order valence-corrected chi connectivity index (χ3v) is 8.76. The highest BCUT2D eigenvalue weighted by Crippen LogP contribution is 2.65. The number of fused-ring (bicyclic) bond motifs is 5. The largest absolute Gasteiger partial charge is 0.392 e. The SMILES string of the molecule is CO[C@@H]1CC[C@@]2(C)[C@@H](CC[C@@H]3[C@@H]4[C@@H](O)CC(=O)[C@@]4(C)[C@@H](O)C[C@H]32)C1. The first-order valence-electron chi connectivity index (χ1n) is 9.74. The van der Waals surface area contributed by atoms with Crippen LogP contribution in [0, 0.1) is 34.5 Å². The summed E-state index contributed by atoms with van der Waals surface area (Å²) in [6.45, 7) is 4.31. The second-order valence-corrected chi connectivity index (χ2v) is 9.44. The highest BCUT2D eigenvalue weighted by molar-refractivity contribution is 5.88. The number of methoxy groups -OCH3 is 1. The summed E-state index contributed by atoms with van der Waals surface area (Å²) < 4.78 is 5.62. The average molecular weight is 336 g/mol. The van der Waals surface area contributed by atoms with Gasteiger partial charge in [0.2, 0.25) is 0 Å². The molecule has 0 aromatic heterocycles. The number of carbonyl (C=O) groups is 1. The molecular formula is C20H32O4. The molecule has 0 heterocycles. The van der Waals surface area contributed by atoms with Crippen LogP contribution in [0.3, 0.4) is 0 Å². The van der Waals surface area contributed by atoms with E-state index in [-0.39, 0.29) is 23.5 Å². The van der Waals surface area contributed by atoms with Crippen LogP contribution in [0.5, 0.6) is 0 Å².